The lowest BCUT2D eigenvalue weighted by Crippen LogP contribution is -2.04. The molecule has 4 aromatic rings. The molecule has 146 valence electrons. The van der Waals surface area contributed by atoms with Crippen LogP contribution >= 0.6 is 22.9 Å². The minimum absolute atomic E-state index is 0.725. The maximum Gasteiger partial charge on any atom is 0.143 e. The fraction of sp³-hybridized carbons (Fsp3) is 0.250. The van der Waals surface area contributed by atoms with Crippen molar-refractivity contribution in [2.75, 3.05) is 5.32 Å². The third-order valence-electron chi connectivity index (χ3n) is 5.50. The standard InChI is InChI=1S/C24H22ClN3S/c1-15-11-12-17(14-19(15)25)26-23-22-18-9-5-6-10-20(18)29-24(22)28-21(27-23)13-16-7-3-2-4-8-16/h2-4,7-8,11-12,14H,5-6,9-10,13H2,1H3,(H,26,27,28). The number of halogens is 1. The van der Waals surface area contributed by atoms with E-state index in [0.717, 1.165) is 52.0 Å². The fourth-order valence-corrected chi connectivity index (χ4v) is 5.42. The molecule has 0 atom stereocenters. The molecule has 1 aliphatic carbocycles. The molecular formula is C24H22ClN3S. The summed E-state index contributed by atoms with van der Waals surface area (Å²) in [5.74, 6) is 1.75. The molecule has 0 spiro atoms. The van der Waals surface area contributed by atoms with E-state index in [4.69, 9.17) is 21.6 Å². The minimum atomic E-state index is 0.725. The Labute approximate surface area is 179 Å². The first-order valence-electron chi connectivity index (χ1n) is 10.1. The molecule has 0 bridgehead atoms. The van der Waals surface area contributed by atoms with Gasteiger partial charge in [-0.1, -0.05) is 48.0 Å². The average molecular weight is 420 g/mol. The van der Waals surface area contributed by atoms with Gasteiger partial charge in [0.1, 0.15) is 16.5 Å². The van der Waals surface area contributed by atoms with Crippen LogP contribution in [0.3, 0.4) is 0 Å². The Morgan fingerprint density at radius 1 is 1.03 bits per heavy atom. The third-order valence-corrected chi connectivity index (χ3v) is 7.09. The van der Waals surface area contributed by atoms with Crippen molar-refractivity contribution in [3.63, 3.8) is 0 Å². The van der Waals surface area contributed by atoms with Crippen molar-refractivity contribution in [1.82, 2.24) is 9.97 Å². The van der Waals surface area contributed by atoms with E-state index in [9.17, 15) is 0 Å². The number of benzene rings is 2. The summed E-state index contributed by atoms with van der Waals surface area (Å²) in [5, 5.41) is 5.50. The van der Waals surface area contributed by atoms with Gasteiger partial charge in [-0.3, -0.25) is 0 Å². The Morgan fingerprint density at radius 3 is 2.69 bits per heavy atom. The summed E-state index contributed by atoms with van der Waals surface area (Å²) in [6, 6.07) is 16.5. The minimum Gasteiger partial charge on any atom is -0.340 e. The van der Waals surface area contributed by atoms with Gasteiger partial charge in [-0.2, -0.15) is 0 Å². The van der Waals surface area contributed by atoms with Gasteiger partial charge in [-0.15, -0.1) is 11.3 Å². The molecule has 1 N–H and O–H groups in total. The van der Waals surface area contributed by atoms with E-state index in [2.05, 4.69) is 35.6 Å². The Balaban J connectivity index is 1.62. The fourth-order valence-electron chi connectivity index (χ4n) is 3.96. The van der Waals surface area contributed by atoms with Gasteiger partial charge in [-0.05, 0) is 61.4 Å². The van der Waals surface area contributed by atoms with Gasteiger partial charge in [0.15, 0.2) is 0 Å². The van der Waals surface area contributed by atoms with Crippen LogP contribution in [0, 0.1) is 6.92 Å². The summed E-state index contributed by atoms with van der Waals surface area (Å²) in [7, 11) is 0. The summed E-state index contributed by atoms with van der Waals surface area (Å²) in [4.78, 5) is 12.5. The zero-order valence-electron chi connectivity index (χ0n) is 16.3. The van der Waals surface area contributed by atoms with Crippen molar-refractivity contribution in [2.45, 2.75) is 39.0 Å². The van der Waals surface area contributed by atoms with E-state index >= 15 is 0 Å². The Morgan fingerprint density at radius 2 is 1.86 bits per heavy atom. The van der Waals surface area contributed by atoms with Crippen molar-refractivity contribution in [1.29, 1.82) is 0 Å². The Bertz CT molecular complexity index is 1180. The highest BCUT2D eigenvalue weighted by molar-refractivity contribution is 7.19. The molecule has 0 aliphatic heterocycles. The van der Waals surface area contributed by atoms with Crippen molar-refractivity contribution in [2.24, 2.45) is 0 Å². The van der Waals surface area contributed by atoms with E-state index in [1.165, 1.54) is 34.2 Å². The van der Waals surface area contributed by atoms with Crippen LogP contribution in [0.5, 0.6) is 0 Å². The first kappa shape index (κ1) is 18.6. The quantitative estimate of drug-likeness (QED) is 0.392. The monoisotopic (exact) mass is 419 g/mol. The number of hydrogen-bond donors (Lipinski definition) is 1. The number of thiophene rings is 1. The number of anilines is 2. The lowest BCUT2D eigenvalue weighted by atomic mass is 9.97. The second-order valence-corrected chi connectivity index (χ2v) is 9.12. The first-order chi connectivity index (χ1) is 14.2. The van der Waals surface area contributed by atoms with Crippen LogP contribution in [0.4, 0.5) is 11.5 Å². The first-order valence-corrected chi connectivity index (χ1v) is 11.2. The van der Waals surface area contributed by atoms with Gasteiger partial charge in [0.25, 0.3) is 0 Å². The summed E-state index contributed by atoms with van der Waals surface area (Å²) in [6.07, 6.45) is 5.49. The summed E-state index contributed by atoms with van der Waals surface area (Å²) >= 11 is 8.20. The smallest absolute Gasteiger partial charge is 0.143 e. The molecule has 2 aromatic heterocycles. The second kappa shape index (κ2) is 7.77. The second-order valence-electron chi connectivity index (χ2n) is 7.63. The highest BCUT2D eigenvalue weighted by atomic mass is 35.5. The lowest BCUT2D eigenvalue weighted by molar-refractivity contribution is 0.700. The zero-order valence-corrected chi connectivity index (χ0v) is 17.9. The lowest BCUT2D eigenvalue weighted by Gasteiger charge is -2.14. The molecule has 0 saturated heterocycles. The molecule has 1 aliphatic rings. The van der Waals surface area contributed by atoms with Crippen LogP contribution in [-0.2, 0) is 19.3 Å². The molecule has 0 radical (unpaired) electrons. The number of nitrogens with one attached hydrogen (secondary N) is 1. The van der Waals surface area contributed by atoms with Crippen LogP contribution in [0.1, 0.15) is 40.2 Å². The molecular weight excluding hydrogens is 398 g/mol. The number of fused-ring (bicyclic) bond motifs is 3. The Hall–Kier alpha value is -2.43. The maximum absolute atomic E-state index is 6.36. The SMILES string of the molecule is Cc1ccc(Nc2nc(Cc3ccccc3)nc3sc4c(c23)CCCC4)cc1Cl. The van der Waals surface area contributed by atoms with E-state index in [0.29, 0.717) is 0 Å². The van der Waals surface area contributed by atoms with E-state index in [-0.39, 0.29) is 0 Å². The summed E-state index contributed by atoms with van der Waals surface area (Å²) < 4.78 is 0. The molecule has 0 fully saturated rings. The van der Waals surface area contributed by atoms with E-state index < -0.39 is 0 Å². The molecule has 3 nitrogen and oxygen atoms in total. The van der Waals surface area contributed by atoms with Crippen molar-refractivity contribution >= 4 is 44.7 Å². The van der Waals surface area contributed by atoms with Crippen LogP contribution in [0.2, 0.25) is 5.02 Å². The predicted octanol–water partition coefficient (Wildman–Crippen LogP) is 6.87. The largest absolute Gasteiger partial charge is 0.340 e. The predicted molar refractivity (Wildman–Crippen MR) is 123 cm³/mol. The van der Waals surface area contributed by atoms with Gasteiger partial charge < -0.3 is 5.32 Å². The van der Waals surface area contributed by atoms with Crippen LogP contribution in [0.15, 0.2) is 48.5 Å². The maximum atomic E-state index is 6.36. The van der Waals surface area contributed by atoms with Crippen LogP contribution in [0.25, 0.3) is 10.2 Å². The summed E-state index contributed by atoms with van der Waals surface area (Å²) in [6.45, 7) is 2.02. The summed E-state index contributed by atoms with van der Waals surface area (Å²) in [5.41, 5.74) is 4.69. The average Bonchev–Trinajstić information content (AvgIpc) is 3.10. The molecule has 0 saturated carbocycles. The highest BCUT2D eigenvalue weighted by Crippen LogP contribution is 2.39. The number of hydrogen-bond acceptors (Lipinski definition) is 4. The van der Waals surface area contributed by atoms with Crippen LogP contribution in [-0.4, -0.2) is 9.97 Å². The van der Waals surface area contributed by atoms with Crippen molar-refractivity contribution in [3.05, 3.63) is 80.9 Å². The zero-order chi connectivity index (χ0) is 19.8. The number of aromatic nitrogens is 2. The van der Waals surface area contributed by atoms with Crippen molar-refractivity contribution < 1.29 is 0 Å². The molecule has 2 aromatic carbocycles. The molecule has 29 heavy (non-hydrogen) atoms. The van der Waals surface area contributed by atoms with Gasteiger partial charge in [0.2, 0.25) is 0 Å². The van der Waals surface area contributed by atoms with Gasteiger partial charge in [-0.25, -0.2) is 9.97 Å². The van der Waals surface area contributed by atoms with E-state index in [1.807, 2.05) is 36.5 Å². The third kappa shape index (κ3) is 3.75. The normalized spacial score (nSPS) is 13.4. The Kier molecular flexibility index (Phi) is 4.98. The number of rotatable bonds is 4. The molecule has 2 heterocycles. The van der Waals surface area contributed by atoms with Crippen molar-refractivity contribution in [3.8, 4) is 0 Å². The van der Waals surface area contributed by atoms with Crippen LogP contribution < -0.4 is 5.32 Å². The number of aryl methyl sites for hydroxylation is 3. The molecule has 0 amide bonds. The van der Waals surface area contributed by atoms with Gasteiger partial charge in [0.05, 0.1) is 5.39 Å². The van der Waals surface area contributed by atoms with Gasteiger partial charge >= 0.3 is 0 Å². The molecule has 5 rings (SSSR count). The topological polar surface area (TPSA) is 37.8 Å². The van der Waals surface area contributed by atoms with Gasteiger partial charge in [0, 0.05) is 22.0 Å². The number of nitrogens with zero attached hydrogens (tertiary/aromatic N) is 2. The molecule has 0 unspecified atom stereocenters. The molecule has 5 heteroatoms. The van der Waals surface area contributed by atoms with E-state index in [1.54, 1.807) is 0 Å². The highest BCUT2D eigenvalue weighted by Gasteiger charge is 2.21.